The van der Waals surface area contributed by atoms with Gasteiger partial charge >= 0.3 is 5.69 Å². The molecule has 1 aliphatic rings. The van der Waals surface area contributed by atoms with Crippen LogP contribution in [-0.2, 0) is 19.6 Å². The summed E-state index contributed by atoms with van der Waals surface area (Å²) >= 11 is 12.1. The van der Waals surface area contributed by atoms with Crippen molar-refractivity contribution < 1.29 is 19.1 Å². The van der Waals surface area contributed by atoms with Gasteiger partial charge in [-0.25, -0.2) is 4.79 Å². The van der Waals surface area contributed by atoms with Crippen molar-refractivity contribution in [2.45, 2.75) is 19.6 Å². The minimum atomic E-state index is -0.551. The normalized spacial score (nSPS) is 12.5. The number of hydrogen-bond donors (Lipinski definition) is 2. The highest BCUT2D eigenvalue weighted by Crippen LogP contribution is 2.26. The van der Waals surface area contributed by atoms with Gasteiger partial charge in [0.15, 0.2) is 0 Å². The van der Waals surface area contributed by atoms with Crippen LogP contribution in [-0.4, -0.2) is 45.4 Å². The number of benzene rings is 3. The van der Waals surface area contributed by atoms with E-state index >= 15 is 0 Å². The molecule has 0 bridgehead atoms. The third-order valence-electron chi connectivity index (χ3n) is 6.87. The highest BCUT2D eigenvalue weighted by molar-refractivity contribution is 6.42. The van der Waals surface area contributed by atoms with Gasteiger partial charge in [0.05, 0.1) is 35.1 Å². The van der Waals surface area contributed by atoms with Crippen LogP contribution in [0.2, 0.25) is 10.0 Å². The summed E-state index contributed by atoms with van der Waals surface area (Å²) in [6.45, 7) is 0.601. The van der Waals surface area contributed by atoms with E-state index in [1.54, 1.807) is 65.6 Å². The molecule has 0 fully saturated rings. The van der Waals surface area contributed by atoms with Gasteiger partial charge in [-0.05, 0) is 60.2 Å². The molecule has 0 unspecified atom stereocenters. The molecule has 4 aromatic rings. The molecule has 0 atom stereocenters. The van der Waals surface area contributed by atoms with Crippen molar-refractivity contribution in [1.29, 1.82) is 0 Å². The number of halogens is 2. The first-order chi connectivity index (χ1) is 19.7. The lowest BCUT2D eigenvalue weighted by Gasteiger charge is -2.28. The van der Waals surface area contributed by atoms with Gasteiger partial charge in [-0.15, -0.1) is 0 Å². The van der Waals surface area contributed by atoms with Crippen molar-refractivity contribution in [3.8, 4) is 11.4 Å². The molecule has 2 heterocycles. The van der Waals surface area contributed by atoms with Crippen molar-refractivity contribution >= 4 is 40.9 Å². The predicted molar refractivity (Wildman–Crippen MR) is 154 cm³/mol. The number of methoxy groups -OCH3 is 1. The van der Waals surface area contributed by atoms with Crippen LogP contribution in [0.5, 0.6) is 5.75 Å². The number of rotatable bonds is 7. The summed E-state index contributed by atoms with van der Waals surface area (Å²) in [5.74, 6) is -0.770. The van der Waals surface area contributed by atoms with Crippen LogP contribution in [0.25, 0.3) is 5.69 Å². The Labute approximate surface area is 244 Å². The predicted octanol–water partition coefficient (Wildman–Crippen LogP) is 3.64. The van der Waals surface area contributed by atoms with Gasteiger partial charge in [-0.1, -0.05) is 35.3 Å². The molecule has 12 heteroatoms. The van der Waals surface area contributed by atoms with Crippen LogP contribution in [0.1, 0.15) is 42.5 Å². The standard InChI is InChI=1S/C29H25Cl2N5O5/c1-41-21-9-7-20(8-10-21)36-25(27(38)33-15-17-2-4-18(5-3-17)26(32)37)24-16-34(12-13-35(24)29(36)40)28(39)19-6-11-22(30)23(31)14-19/h2-11,14H,12-13,15-16H2,1H3,(H2,32,37)(H,33,38). The van der Waals surface area contributed by atoms with Crippen LogP contribution in [0.4, 0.5) is 0 Å². The Morgan fingerprint density at radius 1 is 0.927 bits per heavy atom. The van der Waals surface area contributed by atoms with Gasteiger partial charge in [0.1, 0.15) is 11.4 Å². The van der Waals surface area contributed by atoms with Crippen LogP contribution in [0, 0.1) is 0 Å². The summed E-state index contributed by atoms with van der Waals surface area (Å²) < 4.78 is 8.09. The van der Waals surface area contributed by atoms with Crippen molar-refractivity contribution in [1.82, 2.24) is 19.4 Å². The summed E-state index contributed by atoms with van der Waals surface area (Å²) in [7, 11) is 1.53. The van der Waals surface area contributed by atoms with E-state index < -0.39 is 17.5 Å². The summed E-state index contributed by atoms with van der Waals surface area (Å²) in [4.78, 5) is 53.6. The summed E-state index contributed by atoms with van der Waals surface area (Å²) in [5, 5.41) is 3.44. The lowest BCUT2D eigenvalue weighted by atomic mass is 10.1. The van der Waals surface area contributed by atoms with E-state index in [9.17, 15) is 19.2 Å². The quantitative estimate of drug-likeness (QED) is 0.338. The van der Waals surface area contributed by atoms with E-state index in [0.717, 1.165) is 5.56 Å². The Hall–Kier alpha value is -4.54. The SMILES string of the molecule is COc1ccc(-n2c(C(=O)NCc3ccc(C(N)=O)cc3)c3n(c2=O)CCN(C(=O)c2ccc(Cl)c(Cl)c2)C3)cc1. The molecule has 3 aromatic carbocycles. The number of nitrogens with one attached hydrogen (secondary N) is 1. The smallest absolute Gasteiger partial charge is 0.333 e. The second-order valence-electron chi connectivity index (χ2n) is 9.36. The number of carbonyl (C=O) groups excluding carboxylic acids is 3. The number of fused-ring (bicyclic) bond motifs is 1. The van der Waals surface area contributed by atoms with E-state index in [1.807, 2.05) is 0 Å². The van der Waals surface area contributed by atoms with Crippen molar-refractivity contribution in [2.24, 2.45) is 5.73 Å². The highest BCUT2D eigenvalue weighted by Gasteiger charge is 2.32. The van der Waals surface area contributed by atoms with Gasteiger partial charge in [-0.3, -0.25) is 23.5 Å². The van der Waals surface area contributed by atoms with Crippen molar-refractivity contribution in [2.75, 3.05) is 13.7 Å². The molecule has 41 heavy (non-hydrogen) atoms. The lowest BCUT2D eigenvalue weighted by Crippen LogP contribution is -2.41. The number of hydrogen-bond acceptors (Lipinski definition) is 5. The number of imidazole rings is 1. The Morgan fingerprint density at radius 3 is 2.24 bits per heavy atom. The molecule has 0 saturated heterocycles. The van der Waals surface area contributed by atoms with Crippen LogP contribution in [0.3, 0.4) is 0 Å². The number of ether oxygens (including phenoxy) is 1. The second kappa shape index (κ2) is 11.5. The fourth-order valence-electron chi connectivity index (χ4n) is 4.70. The number of primary amides is 1. The summed E-state index contributed by atoms with van der Waals surface area (Å²) in [5.41, 5.74) is 7.31. The van der Waals surface area contributed by atoms with Gasteiger partial charge in [-0.2, -0.15) is 0 Å². The first-order valence-electron chi connectivity index (χ1n) is 12.6. The zero-order valence-corrected chi connectivity index (χ0v) is 23.4. The van der Waals surface area contributed by atoms with E-state index in [1.165, 1.54) is 22.3 Å². The van der Waals surface area contributed by atoms with Crippen LogP contribution < -0.4 is 21.5 Å². The summed E-state index contributed by atoms with van der Waals surface area (Å²) in [6.07, 6.45) is 0. The molecule has 0 radical (unpaired) electrons. The number of aromatic nitrogens is 2. The molecule has 3 amide bonds. The van der Waals surface area contributed by atoms with Crippen molar-refractivity contribution in [3.63, 3.8) is 0 Å². The van der Waals surface area contributed by atoms with E-state index in [0.29, 0.717) is 33.3 Å². The number of nitrogens with zero attached hydrogens (tertiary/aromatic N) is 3. The Morgan fingerprint density at radius 2 is 1.61 bits per heavy atom. The monoisotopic (exact) mass is 593 g/mol. The number of carbonyl (C=O) groups is 3. The molecule has 0 spiro atoms. The van der Waals surface area contributed by atoms with Crippen LogP contribution >= 0.6 is 23.2 Å². The van der Waals surface area contributed by atoms with Gasteiger partial charge < -0.3 is 20.7 Å². The molecular formula is C29H25Cl2N5O5. The third kappa shape index (κ3) is 5.57. The van der Waals surface area contributed by atoms with E-state index in [4.69, 9.17) is 33.7 Å². The number of amides is 3. The average molecular weight is 594 g/mol. The molecule has 210 valence electrons. The zero-order chi connectivity index (χ0) is 29.3. The Bertz CT molecular complexity index is 1710. The third-order valence-corrected chi connectivity index (χ3v) is 7.61. The Balaban J connectivity index is 1.51. The molecule has 3 N–H and O–H groups in total. The molecular weight excluding hydrogens is 569 g/mol. The van der Waals surface area contributed by atoms with E-state index in [2.05, 4.69) is 5.32 Å². The largest absolute Gasteiger partial charge is 0.497 e. The van der Waals surface area contributed by atoms with Gasteiger partial charge in [0.2, 0.25) is 5.91 Å². The maximum atomic E-state index is 13.7. The molecule has 0 saturated carbocycles. The fourth-order valence-corrected chi connectivity index (χ4v) is 5.00. The zero-order valence-electron chi connectivity index (χ0n) is 21.9. The highest BCUT2D eigenvalue weighted by atomic mass is 35.5. The maximum absolute atomic E-state index is 13.7. The molecule has 1 aromatic heterocycles. The topological polar surface area (TPSA) is 129 Å². The van der Waals surface area contributed by atoms with E-state index in [-0.39, 0.29) is 42.8 Å². The second-order valence-corrected chi connectivity index (χ2v) is 10.2. The van der Waals surface area contributed by atoms with Gasteiger partial charge in [0.25, 0.3) is 11.8 Å². The first-order valence-corrected chi connectivity index (χ1v) is 13.3. The van der Waals surface area contributed by atoms with Crippen molar-refractivity contribution in [3.05, 3.63) is 115 Å². The lowest BCUT2D eigenvalue weighted by molar-refractivity contribution is 0.0706. The Kier molecular flexibility index (Phi) is 7.87. The molecule has 5 rings (SSSR count). The van der Waals surface area contributed by atoms with Gasteiger partial charge in [0, 0.05) is 30.8 Å². The maximum Gasteiger partial charge on any atom is 0.333 e. The molecule has 1 aliphatic heterocycles. The summed E-state index contributed by atoms with van der Waals surface area (Å²) in [6, 6.07) is 17.9. The number of nitrogens with two attached hydrogens (primary N) is 1. The molecule has 0 aliphatic carbocycles. The average Bonchev–Trinajstić information content (AvgIpc) is 3.28. The minimum Gasteiger partial charge on any atom is -0.497 e. The molecule has 10 nitrogen and oxygen atoms in total. The fraction of sp³-hybridized carbons (Fsp3) is 0.172. The first kappa shape index (κ1) is 28.0. The minimum absolute atomic E-state index is 0.0214. The van der Waals surface area contributed by atoms with Crippen LogP contribution in [0.15, 0.2) is 71.5 Å².